The van der Waals surface area contributed by atoms with Gasteiger partial charge in [-0.3, -0.25) is 4.98 Å². The number of hydrogen-bond acceptors (Lipinski definition) is 2. The molecule has 1 aromatic rings. The Morgan fingerprint density at radius 1 is 1.26 bits per heavy atom. The highest BCUT2D eigenvalue weighted by atomic mass is 28.4. The molecule has 0 bridgehead atoms. The summed E-state index contributed by atoms with van der Waals surface area (Å²) in [6, 6.07) is 2.90. The molecule has 2 rings (SSSR count). The van der Waals surface area contributed by atoms with Gasteiger partial charge in [0.1, 0.15) is 5.69 Å². The zero-order valence-electron chi connectivity index (χ0n) is 14.5. The number of alkyl halides is 3. The molecule has 2 atom stereocenters. The molecule has 0 spiro atoms. The average molecular weight is 345 g/mol. The van der Waals surface area contributed by atoms with Crippen LogP contribution in [0.2, 0.25) is 18.1 Å². The summed E-state index contributed by atoms with van der Waals surface area (Å²) in [7, 11) is -1.74. The van der Waals surface area contributed by atoms with Gasteiger partial charge in [-0.05, 0) is 60.5 Å². The van der Waals surface area contributed by atoms with Crippen LogP contribution in [-0.2, 0) is 10.6 Å². The lowest BCUT2D eigenvalue weighted by atomic mass is 10.1. The van der Waals surface area contributed by atoms with Crippen LogP contribution in [0.5, 0.6) is 0 Å². The molecule has 130 valence electrons. The molecule has 0 amide bonds. The summed E-state index contributed by atoms with van der Waals surface area (Å²) < 4.78 is 44.3. The molecule has 6 heteroatoms. The van der Waals surface area contributed by atoms with Gasteiger partial charge in [-0.2, -0.15) is 13.2 Å². The van der Waals surface area contributed by atoms with Crippen LogP contribution < -0.4 is 0 Å². The van der Waals surface area contributed by atoms with Crippen molar-refractivity contribution >= 4 is 8.32 Å². The van der Waals surface area contributed by atoms with Crippen molar-refractivity contribution in [1.29, 1.82) is 0 Å². The molecule has 1 aromatic heterocycles. The van der Waals surface area contributed by atoms with E-state index < -0.39 is 20.2 Å². The zero-order chi connectivity index (χ0) is 17.5. The molecule has 0 N–H and O–H groups in total. The van der Waals surface area contributed by atoms with Crippen molar-refractivity contribution in [3.05, 3.63) is 29.6 Å². The normalized spacial score (nSPS) is 22.3. The number of aromatic nitrogens is 1. The Balaban J connectivity index is 1.87. The van der Waals surface area contributed by atoms with E-state index >= 15 is 0 Å². The van der Waals surface area contributed by atoms with Crippen LogP contribution in [0.3, 0.4) is 0 Å². The van der Waals surface area contributed by atoms with Gasteiger partial charge in [0.05, 0.1) is 0 Å². The van der Waals surface area contributed by atoms with E-state index in [1.54, 1.807) is 6.07 Å². The molecule has 0 aliphatic heterocycles. The Bertz CT molecular complexity index is 552. The Labute approximate surface area is 137 Å². The molecule has 1 fully saturated rings. The van der Waals surface area contributed by atoms with E-state index in [0.717, 1.165) is 18.4 Å². The third kappa shape index (κ3) is 4.56. The molecular weight excluding hydrogens is 319 g/mol. The summed E-state index contributed by atoms with van der Waals surface area (Å²) in [5.41, 5.74) is -0.0391. The standard InChI is InChI=1S/C17H26F3NOSi/c1-16(2,3)23(4,5)22-9-7-13-10-14(13)12-6-8-21-15(11-12)17(18,19)20/h6,8,11,13-14H,7,9-10H2,1-5H3/t13-,14+/m1/s1. The van der Waals surface area contributed by atoms with Gasteiger partial charge in [0.2, 0.25) is 0 Å². The first-order valence-corrected chi connectivity index (χ1v) is 11.0. The molecule has 1 saturated carbocycles. The third-order valence-corrected chi connectivity index (χ3v) is 9.72. The van der Waals surface area contributed by atoms with Crippen molar-refractivity contribution in [2.45, 2.75) is 63.8 Å². The predicted molar refractivity (Wildman–Crippen MR) is 87.9 cm³/mol. The lowest BCUT2D eigenvalue weighted by Gasteiger charge is -2.36. The van der Waals surface area contributed by atoms with E-state index in [1.165, 1.54) is 12.3 Å². The minimum Gasteiger partial charge on any atom is -0.417 e. The predicted octanol–water partition coefficient (Wildman–Crippen LogP) is 5.62. The minimum absolute atomic E-state index is 0.183. The van der Waals surface area contributed by atoms with E-state index in [2.05, 4.69) is 38.8 Å². The van der Waals surface area contributed by atoms with Crippen LogP contribution in [0.15, 0.2) is 18.3 Å². The topological polar surface area (TPSA) is 22.1 Å². The Hall–Kier alpha value is -0.883. The second-order valence-corrected chi connectivity index (χ2v) is 12.8. The first kappa shape index (κ1) is 18.5. The van der Waals surface area contributed by atoms with Gasteiger partial charge in [-0.1, -0.05) is 20.8 Å². The molecule has 0 unspecified atom stereocenters. The molecule has 0 radical (unpaired) electrons. The summed E-state index contributed by atoms with van der Waals surface area (Å²) in [6.07, 6.45) is -1.24. The Morgan fingerprint density at radius 3 is 2.48 bits per heavy atom. The molecule has 0 saturated heterocycles. The van der Waals surface area contributed by atoms with Gasteiger partial charge in [0, 0.05) is 12.8 Å². The van der Waals surface area contributed by atoms with E-state index in [4.69, 9.17) is 4.43 Å². The molecule has 0 aromatic carbocycles. The van der Waals surface area contributed by atoms with Crippen molar-refractivity contribution in [3.8, 4) is 0 Å². The fourth-order valence-electron chi connectivity index (χ4n) is 2.49. The number of hydrogen-bond donors (Lipinski definition) is 0. The van der Waals surface area contributed by atoms with E-state index in [9.17, 15) is 13.2 Å². The largest absolute Gasteiger partial charge is 0.433 e. The monoisotopic (exact) mass is 345 g/mol. The first-order chi connectivity index (χ1) is 10.4. The maximum Gasteiger partial charge on any atom is 0.433 e. The molecule has 2 nitrogen and oxygen atoms in total. The summed E-state index contributed by atoms with van der Waals surface area (Å²) >= 11 is 0. The van der Waals surface area contributed by atoms with Crippen LogP contribution >= 0.6 is 0 Å². The van der Waals surface area contributed by atoms with Gasteiger partial charge in [-0.25, -0.2) is 0 Å². The summed E-state index contributed by atoms with van der Waals surface area (Å²) in [4.78, 5) is 3.42. The maximum atomic E-state index is 12.7. The second kappa shape index (κ2) is 6.20. The molecular formula is C17H26F3NOSi. The molecule has 1 aliphatic rings. The number of rotatable bonds is 5. The highest BCUT2D eigenvalue weighted by Gasteiger charge is 2.41. The zero-order valence-corrected chi connectivity index (χ0v) is 15.5. The quantitative estimate of drug-likeness (QED) is 0.647. The fraction of sp³-hybridized carbons (Fsp3) is 0.706. The highest BCUT2D eigenvalue weighted by molar-refractivity contribution is 6.74. The third-order valence-electron chi connectivity index (χ3n) is 5.18. The molecule has 1 aliphatic carbocycles. The Kier molecular flexibility index (Phi) is 4.98. The number of pyridine rings is 1. The van der Waals surface area contributed by atoms with E-state index in [1.807, 2.05) is 0 Å². The van der Waals surface area contributed by atoms with Gasteiger partial charge in [0.25, 0.3) is 0 Å². The number of halogens is 3. The summed E-state index contributed by atoms with van der Waals surface area (Å²) in [6.45, 7) is 11.7. The average Bonchev–Trinajstić information content (AvgIpc) is 3.16. The lowest BCUT2D eigenvalue weighted by Crippen LogP contribution is -2.41. The van der Waals surface area contributed by atoms with Gasteiger partial charge >= 0.3 is 6.18 Å². The van der Waals surface area contributed by atoms with Crippen LogP contribution in [0.25, 0.3) is 0 Å². The van der Waals surface area contributed by atoms with Gasteiger partial charge in [-0.15, -0.1) is 0 Å². The van der Waals surface area contributed by atoms with Crippen molar-refractivity contribution in [2.24, 2.45) is 5.92 Å². The SMILES string of the molecule is CC(C)(C)[Si](C)(C)OCC[C@@H]1C[C@H]1c1ccnc(C(F)(F)F)c1. The minimum atomic E-state index is -4.37. The second-order valence-electron chi connectivity index (χ2n) is 7.97. The smallest absolute Gasteiger partial charge is 0.417 e. The first-order valence-electron chi connectivity index (χ1n) is 8.09. The highest BCUT2D eigenvalue weighted by Crippen LogP contribution is 2.50. The van der Waals surface area contributed by atoms with Crippen LogP contribution in [0, 0.1) is 5.92 Å². The Morgan fingerprint density at radius 2 is 1.91 bits per heavy atom. The van der Waals surface area contributed by atoms with Crippen molar-refractivity contribution in [2.75, 3.05) is 6.61 Å². The number of nitrogens with zero attached hydrogens (tertiary/aromatic N) is 1. The van der Waals surface area contributed by atoms with E-state index in [-0.39, 0.29) is 11.0 Å². The fourth-order valence-corrected chi connectivity index (χ4v) is 3.55. The molecule has 23 heavy (non-hydrogen) atoms. The van der Waals surface area contributed by atoms with Gasteiger partial charge < -0.3 is 4.43 Å². The molecule has 1 heterocycles. The van der Waals surface area contributed by atoms with Crippen molar-refractivity contribution in [1.82, 2.24) is 4.98 Å². The maximum absolute atomic E-state index is 12.7. The van der Waals surface area contributed by atoms with Crippen molar-refractivity contribution in [3.63, 3.8) is 0 Å². The van der Waals surface area contributed by atoms with E-state index in [0.29, 0.717) is 12.5 Å². The van der Waals surface area contributed by atoms with Crippen LogP contribution in [0.1, 0.15) is 50.8 Å². The summed E-state index contributed by atoms with van der Waals surface area (Å²) in [5, 5.41) is 0.183. The van der Waals surface area contributed by atoms with Crippen molar-refractivity contribution < 1.29 is 17.6 Å². The summed E-state index contributed by atoms with van der Waals surface area (Å²) in [5.74, 6) is 0.658. The van der Waals surface area contributed by atoms with Crippen LogP contribution in [0.4, 0.5) is 13.2 Å². The van der Waals surface area contributed by atoms with Crippen LogP contribution in [-0.4, -0.2) is 19.9 Å². The lowest BCUT2D eigenvalue weighted by molar-refractivity contribution is -0.141. The van der Waals surface area contributed by atoms with Gasteiger partial charge in [0.15, 0.2) is 8.32 Å².